The van der Waals surface area contributed by atoms with Crippen LogP contribution in [0.1, 0.15) is 24.4 Å². The van der Waals surface area contributed by atoms with E-state index in [1.54, 1.807) is 9.58 Å². The van der Waals surface area contributed by atoms with E-state index in [-0.39, 0.29) is 11.5 Å². The highest BCUT2D eigenvalue weighted by molar-refractivity contribution is 9.11. The van der Waals surface area contributed by atoms with Crippen LogP contribution in [-0.4, -0.2) is 22.2 Å². The zero-order chi connectivity index (χ0) is 19.1. The predicted octanol–water partition coefficient (Wildman–Crippen LogP) is 3.57. The molecule has 1 N–H and O–H groups in total. The van der Waals surface area contributed by atoms with Gasteiger partial charge in [-0.3, -0.25) is 14.6 Å². The number of aromatic amines is 1. The highest BCUT2D eigenvalue weighted by Gasteiger charge is 2.45. The van der Waals surface area contributed by atoms with E-state index in [1.807, 2.05) is 49.6 Å². The third-order valence-electron chi connectivity index (χ3n) is 4.37. The molecule has 0 spiro atoms. The number of nitrogens with zero attached hydrogens (tertiary/aromatic N) is 3. The van der Waals surface area contributed by atoms with Gasteiger partial charge in [0.05, 0.1) is 19.9 Å². The molecule has 3 aromatic rings. The number of thiophene rings is 1. The molecule has 0 saturated heterocycles. The lowest BCUT2D eigenvalue weighted by atomic mass is 10.0. The monoisotopic (exact) mass is 463 g/mol. The summed E-state index contributed by atoms with van der Waals surface area (Å²) in [4.78, 5) is 31.4. The van der Waals surface area contributed by atoms with Crippen LogP contribution in [0.15, 0.2) is 50.1 Å². The fraction of sp³-hybridized carbons (Fsp3) is 0.222. The summed E-state index contributed by atoms with van der Waals surface area (Å²) in [6, 6.07) is 11.4. The molecule has 4 rings (SSSR count). The van der Waals surface area contributed by atoms with Crippen molar-refractivity contribution < 1.29 is 9.48 Å². The molecule has 0 saturated carbocycles. The Morgan fingerprint density at radius 3 is 2.81 bits per heavy atom. The van der Waals surface area contributed by atoms with Gasteiger partial charge in [0.15, 0.2) is 0 Å². The van der Waals surface area contributed by atoms with Crippen LogP contribution < -0.4 is 15.1 Å². The minimum atomic E-state index is -0.508. The standard InChI is InChI=1S/C18H15BrN4O2S2/c1-3-14(24)22-11-7-5-4-6-10(11)15-16(25)20-18(26-2)21-23(15)17(22)12-8-9-13(19)27-12/h4-9,17H,3H2,1-2H3/p+1/t17-/m0/s1. The maximum atomic E-state index is 13.0. The number of hydrogen-bond donors (Lipinski definition) is 1. The summed E-state index contributed by atoms with van der Waals surface area (Å²) in [6.07, 6.45) is 1.70. The Kier molecular flexibility index (Phi) is 4.92. The molecule has 1 aromatic carbocycles. The van der Waals surface area contributed by atoms with Gasteiger partial charge in [0.25, 0.3) is 0 Å². The Hall–Kier alpha value is -1.97. The summed E-state index contributed by atoms with van der Waals surface area (Å²) in [5.74, 6) is -0.0251. The number of halogens is 1. The van der Waals surface area contributed by atoms with E-state index in [4.69, 9.17) is 0 Å². The largest absolute Gasteiger partial charge is 0.325 e. The maximum absolute atomic E-state index is 13.0. The van der Waals surface area contributed by atoms with Crippen molar-refractivity contribution in [3.05, 3.63) is 55.4 Å². The number of fused-ring (bicyclic) bond motifs is 3. The molecule has 6 nitrogen and oxygen atoms in total. The number of aromatic nitrogens is 3. The molecule has 0 radical (unpaired) electrons. The van der Waals surface area contributed by atoms with Crippen LogP contribution in [-0.2, 0) is 4.79 Å². The maximum Gasteiger partial charge on any atom is 0.325 e. The molecule has 0 unspecified atom stereocenters. The fourth-order valence-electron chi connectivity index (χ4n) is 3.23. The lowest BCUT2D eigenvalue weighted by Gasteiger charge is -2.31. The number of anilines is 1. The minimum absolute atomic E-state index is 0.0251. The van der Waals surface area contributed by atoms with Crippen LogP contribution in [0.4, 0.5) is 5.69 Å². The van der Waals surface area contributed by atoms with Crippen LogP contribution in [0.2, 0.25) is 0 Å². The molecule has 0 aliphatic carbocycles. The van der Waals surface area contributed by atoms with Gasteiger partial charge in [0, 0.05) is 11.5 Å². The van der Waals surface area contributed by atoms with Gasteiger partial charge >= 0.3 is 17.4 Å². The molecule has 3 heterocycles. The number of carbonyl (C=O) groups excluding carboxylic acids is 1. The van der Waals surface area contributed by atoms with Crippen molar-refractivity contribution in [1.29, 1.82) is 0 Å². The van der Waals surface area contributed by atoms with Crippen LogP contribution in [0.5, 0.6) is 0 Å². The van der Waals surface area contributed by atoms with Crippen molar-refractivity contribution >= 4 is 50.6 Å². The van der Waals surface area contributed by atoms with Gasteiger partial charge in [-0.15, -0.1) is 11.3 Å². The summed E-state index contributed by atoms with van der Waals surface area (Å²) in [6.45, 7) is 1.84. The van der Waals surface area contributed by atoms with Gasteiger partial charge in [-0.05, 0) is 51.1 Å². The van der Waals surface area contributed by atoms with Gasteiger partial charge in [-0.1, -0.05) is 30.8 Å². The van der Waals surface area contributed by atoms with Gasteiger partial charge < -0.3 is 0 Å². The Balaban J connectivity index is 2.09. The average molecular weight is 464 g/mol. The third-order valence-corrected chi connectivity index (χ3v) is 6.61. The van der Waals surface area contributed by atoms with Crippen LogP contribution in [0, 0.1) is 0 Å². The number of benzene rings is 1. The van der Waals surface area contributed by atoms with E-state index in [2.05, 4.69) is 26.0 Å². The minimum Gasteiger partial charge on any atom is -0.291 e. The molecule has 0 bridgehead atoms. The van der Waals surface area contributed by atoms with Crippen molar-refractivity contribution in [2.24, 2.45) is 0 Å². The molecule has 9 heteroatoms. The van der Waals surface area contributed by atoms with E-state index < -0.39 is 6.17 Å². The highest BCUT2D eigenvalue weighted by Crippen LogP contribution is 2.39. The molecule has 1 aliphatic heterocycles. The summed E-state index contributed by atoms with van der Waals surface area (Å²) in [5, 5.41) is 5.15. The Labute approximate surface area is 172 Å². The first-order valence-corrected chi connectivity index (χ1v) is 11.2. The first-order chi connectivity index (χ1) is 13.0. The molecule has 1 atom stereocenters. The first-order valence-electron chi connectivity index (χ1n) is 8.32. The zero-order valence-electron chi connectivity index (χ0n) is 14.6. The summed E-state index contributed by atoms with van der Waals surface area (Å²) in [7, 11) is 0. The average Bonchev–Trinajstić information content (AvgIpc) is 3.11. The van der Waals surface area contributed by atoms with E-state index in [0.29, 0.717) is 22.8 Å². The topological polar surface area (TPSA) is 69.9 Å². The number of H-pyrrole nitrogens is 1. The van der Waals surface area contributed by atoms with Crippen molar-refractivity contribution in [2.75, 3.05) is 11.2 Å². The quantitative estimate of drug-likeness (QED) is 0.475. The first kappa shape index (κ1) is 18.4. The molecule has 138 valence electrons. The number of rotatable bonds is 3. The fourth-order valence-corrected chi connectivity index (χ4v) is 5.09. The van der Waals surface area contributed by atoms with Gasteiger partial charge in [0.2, 0.25) is 11.1 Å². The summed E-state index contributed by atoms with van der Waals surface area (Å²) >= 11 is 6.38. The molecule has 2 aromatic heterocycles. The number of thioether (sulfide) groups is 1. The normalized spacial score (nSPS) is 15.4. The van der Waals surface area contributed by atoms with Crippen LogP contribution in [0.3, 0.4) is 0 Å². The number of amides is 1. The van der Waals surface area contributed by atoms with Crippen molar-refractivity contribution in [2.45, 2.75) is 24.7 Å². The van der Waals surface area contributed by atoms with Gasteiger partial charge in [-0.2, -0.15) is 0 Å². The summed E-state index contributed by atoms with van der Waals surface area (Å²) < 4.78 is 2.64. The molecular formula is C18H16BrN4O2S2+. The molecular weight excluding hydrogens is 448 g/mol. The lowest BCUT2D eigenvalue weighted by Crippen LogP contribution is -2.60. The van der Waals surface area contributed by atoms with E-state index >= 15 is 0 Å². The molecule has 1 aliphatic rings. The zero-order valence-corrected chi connectivity index (χ0v) is 17.8. The Morgan fingerprint density at radius 2 is 2.15 bits per heavy atom. The number of carbonyl (C=O) groups is 1. The number of hydrogen-bond acceptors (Lipinski definition) is 5. The van der Waals surface area contributed by atoms with Crippen molar-refractivity contribution in [1.82, 2.24) is 10.1 Å². The predicted molar refractivity (Wildman–Crippen MR) is 110 cm³/mol. The van der Waals surface area contributed by atoms with E-state index in [0.717, 1.165) is 14.4 Å². The van der Waals surface area contributed by atoms with E-state index in [1.165, 1.54) is 23.1 Å². The van der Waals surface area contributed by atoms with Crippen LogP contribution in [0.25, 0.3) is 11.3 Å². The number of para-hydroxylation sites is 1. The SMILES string of the molecule is CCC(=O)N1c2ccccc2-c2c(=O)[nH]c(SC)n[n+]2[C@H]1c1ccc(Br)s1. The number of nitrogens with one attached hydrogen (secondary N) is 1. The van der Waals surface area contributed by atoms with E-state index in [9.17, 15) is 9.59 Å². The molecule has 1 amide bonds. The van der Waals surface area contributed by atoms with Gasteiger partial charge in [-0.25, -0.2) is 4.90 Å². The molecule has 0 fully saturated rings. The highest BCUT2D eigenvalue weighted by atomic mass is 79.9. The van der Waals surface area contributed by atoms with Crippen molar-refractivity contribution in [3.8, 4) is 11.3 Å². The second-order valence-corrected chi connectivity index (χ2v) is 9.20. The van der Waals surface area contributed by atoms with Crippen molar-refractivity contribution in [3.63, 3.8) is 0 Å². The molecule has 27 heavy (non-hydrogen) atoms. The summed E-state index contributed by atoms with van der Waals surface area (Å²) in [5.41, 5.74) is 1.67. The Bertz CT molecular complexity index is 1090. The van der Waals surface area contributed by atoms with Gasteiger partial charge in [0.1, 0.15) is 0 Å². The second kappa shape index (κ2) is 7.21. The smallest absolute Gasteiger partial charge is 0.291 e. The van der Waals surface area contributed by atoms with Crippen LogP contribution >= 0.6 is 39.0 Å². The third kappa shape index (κ3) is 3.03. The second-order valence-electron chi connectivity index (χ2n) is 5.91. The Morgan fingerprint density at radius 1 is 1.37 bits per heavy atom. The lowest BCUT2D eigenvalue weighted by molar-refractivity contribution is -0.762.